The van der Waals surface area contributed by atoms with Gasteiger partial charge in [-0.3, -0.25) is 9.78 Å². The fraction of sp³-hybridized carbons (Fsp3) is 0. The van der Waals surface area contributed by atoms with Gasteiger partial charge in [0, 0.05) is 6.20 Å². The molecule has 1 heterocycles. The minimum absolute atomic E-state index is 0.125. The fourth-order valence-electron chi connectivity index (χ4n) is 2.07. The first kappa shape index (κ1) is 14.7. The Balaban J connectivity index is 1.72. The van der Waals surface area contributed by atoms with Crippen LogP contribution < -0.4 is 4.74 Å². The number of allylic oxidation sites excluding steroid dienone is 1. The fourth-order valence-corrected chi connectivity index (χ4v) is 2.07. The zero-order valence-corrected chi connectivity index (χ0v) is 12.4. The van der Waals surface area contributed by atoms with E-state index in [-0.39, 0.29) is 5.78 Å². The average molecular weight is 301 g/mol. The van der Waals surface area contributed by atoms with E-state index in [2.05, 4.69) is 4.98 Å². The molecule has 0 spiro atoms. The molecular formula is C20H15NO2. The number of benzene rings is 2. The second-order valence-electron chi connectivity index (χ2n) is 4.90. The molecule has 0 amide bonds. The van der Waals surface area contributed by atoms with E-state index >= 15 is 0 Å². The highest BCUT2D eigenvalue weighted by Gasteiger charge is 2.02. The smallest absolute Gasteiger partial charge is 0.204 e. The molecule has 0 saturated heterocycles. The summed E-state index contributed by atoms with van der Waals surface area (Å²) in [5, 5.41) is 0. The average Bonchev–Trinajstić information content (AvgIpc) is 2.62. The maximum Gasteiger partial charge on any atom is 0.204 e. The van der Waals surface area contributed by atoms with E-state index < -0.39 is 0 Å². The summed E-state index contributed by atoms with van der Waals surface area (Å²) < 4.78 is 5.78. The van der Waals surface area contributed by atoms with Crippen LogP contribution in [0.15, 0.2) is 85.1 Å². The minimum atomic E-state index is -0.125. The van der Waals surface area contributed by atoms with E-state index in [9.17, 15) is 4.79 Å². The van der Waals surface area contributed by atoms with E-state index in [4.69, 9.17) is 4.74 Å². The van der Waals surface area contributed by atoms with Crippen LogP contribution in [-0.4, -0.2) is 10.8 Å². The SMILES string of the molecule is O=C(/C=C/c1cccc(Oc2ccccc2)c1)c1ccccn1. The summed E-state index contributed by atoms with van der Waals surface area (Å²) in [7, 11) is 0. The molecule has 0 atom stereocenters. The molecule has 112 valence electrons. The second-order valence-corrected chi connectivity index (χ2v) is 4.90. The molecule has 0 unspecified atom stereocenters. The Bertz CT molecular complexity index is 811. The number of carbonyl (C=O) groups excluding carboxylic acids is 1. The number of pyridine rings is 1. The van der Waals surface area contributed by atoms with Crippen molar-refractivity contribution in [3.8, 4) is 11.5 Å². The Morgan fingerprint density at radius 3 is 2.43 bits per heavy atom. The van der Waals surface area contributed by atoms with Crippen molar-refractivity contribution in [2.75, 3.05) is 0 Å². The molecule has 3 aromatic rings. The zero-order chi connectivity index (χ0) is 15.9. The number of ether oxygens (including phenoxy) is 1. The summed E-state index contributed by atoms with van der Waals surface area (Å²) in [4.78, 5) is 16.1. The molecule has 3 heteroatoms. The topological polar surface area (TPSA) is 39.2 Å². The standard InChI is InChI=1S/C20H15NO2/c22-20(19-11-4-5-14-21-19)13-12-16-7-6-10-18(15-16)23-17-8-2-1-3-9-17/h1-15H/b13-12+. The van der Waals surface area contributed by atoms with Crippen molar-refractivity contribution < 1.29 is 9.53 Å². The first-order chi connectivity index (χ1) is 11.3. The van der Waals surface area contributed by atoms with Gasteiger partial charge in [-0.15, -0.1) is 0 Å². The second kappa shape index (κ2) is 7.18. The number of hydrogen-bond donors (Lipinski definition) is 0. The van der Waals surface area contributed by atoms with Gasteiger partial charge in [-0.1, -0.05) is 42.5 Å². The maximum absolute atomic E-state index is 12.0. The molecular weight excluding hydrogens is 286 g/mol. The van der Waals surface area contributed by atoms with Crippen molar-refractivity contribution in [3.05, 3.63) is 96.3 Å². The summed E-state index contributed by atoms with van der Waals surface area (Å²) in [6.45, 7) is 0. The van der Waals surface area contributed by atoms with Gasteiger partial charge in [-0.2, -0.15) is 0 Å². The van der Waals surface area contributed by atoms with E-state index in [0.717, 1.165) is 17.1 Å². The number of carbonyl (C=O) groups is 1. The molecule has 0 radical (unpaired) electrons. The lowest BCUT2D eigenvalue weighted by molar-refractivity contribution is 0.104. The van der Waals surface area contributed by atoms with Crippen LogP contribution in [0.1, 0.15) is 16.1 Å². The van der Waals surface area contributed by atoms with Gasteiger partial charge in [-0.05, 0) is 48.0 Å². The normalized spacial score (nSPS) is 10.6. The van der Waals surface area contributed by atoms with Crippen LogP contribution in [0.3, 0.4) is 0 Å². The highest BCUT2D eigenvalue weighted by atomic mass is 16.5. The van der Waals surface area contributed by atoms with E-state index in [0.29, 0.717) is 5.69 Å². The molecule has 0 aliphatic rings. The number of ketones is 1. The maximum atomic E-state index is 12.0. The van der Waals surface area contributed by atoms with Crippen LogP contribution >= 0.6 is 0 Å². The zero-order valence-electron chi connectivity index (χ0n) is 12.4. The number of hydrogen-bond acceptors (Lipinski definition) is 3. The van der Waals surface area contributed by atoms with Gasteiger partial charge in [0.1, 0.15) is 17.2 Å². The van der Waals surface area contributed by atoms with Crippen molar-refractivity contribution in [2.24, 2.45) is 0 Å². The van der Waals surface area contributed by atoms with E-state index in [1.165, 1.54) is 6.08 Å². The van der Waals surface area contributed by atoms with Crippen molar-refractivity contribution in [1.29, 1.82) is 0 Å². The minimum Gasteiger partial charge on any atom is -0.457 e. The molecule has 0 aliphatic carbocycles. The Labute approximate surface area is 134 Å². The monoisotopic (exact) mass is 301 g/mol. The Hall–Kier alpha value is -3.20. The van der Waals surface area contributed by atoms with E-state index in [1.54, 1.807) is 30.5 Å². The third-order valence-corrected chi connectivity index (χ3v) is 3.18. The van der Waals surface area contributed by atoms with E-state index in [1.807, 2.05) is 54.6 Å². The lowest BCUT2D eigenvalue weighted by atomic mass is 10.1. The Morgan fingerprint density at radius 1 is 0.870 bits per heavy atom. The van der Waals surface area contributed by atoms with Crippen LogP contribution in [0.5, 0.6) is 11.5 Å². The van der Waals surface area contributed by atoms with Crippen molar-refractivity contribution in [2.45, 2.75) is 0 Å². The molecule has 0 saturated carbocycles. The summed E-state index contributed by atoms with van der Waals surface area (Å²) in [5.74, 6) is 1.38. The number of rotatable bonds is 5. The van der Waals surface area contributed by atoms with Gasteiger partial charge in [0.25, 0.3) is 0 Å². The predicted octanol–water partition coefficient (Wildman–Crippen LogP) is 4.77. The third-order valence-electron chi connectivity index (χ3n) is 3.18. The number of nitrogens with zero attached hydrogens (tertiary/aromatic N) is 1. The molecule has 0 N–H and O–H groups in total. The summed E-state index contributed by atoms with van der Waals surface area (Å²) in [5.41, 5.74) is 1.32. The molecule has 0 bridgehead atoms. The highest BCUT2D eigenvalue weighted by molar-refractivity contribution is 6.05. The lowest BCUT2D eigenvalue weighted by Crippen LogP contribution is -1.96. The van der Waals surface area contributed by atoms with Crippen molar-refractivity contribution in [1.82, 2.24) is 4.98 Å². The molecule has 1 aromatic heterocycles. The lowest BCUT2D eigenvalue weighted by Gasteiger charge is -2.05. The summed E-state index contributed by atoms with van der Waals surface area (Å²) >= 11 is 0. The molecule has 0 aliphatic heterocycles. The van der Waals surface area contributed by atoms with Crippen molar-refractivity contribution >= 4 is 11.9 Å². The van der Waals surface area contributed by atoms with Crippen LogP contribution in [0.4, 0.5) is 0 Å². The van der Waals surface area contributed by atoms with Crippen LogP contribution in [0.2, 0.25) is 0 Å². The van der Waals surface area contributed by atoms with Gasteiger partial charge in [0.2, 0.25) is 5.78 Å². The number of para-hydroxylation sites is 1. The molecule has 3 rings (SSSR count). The van der Waals surface area contributed by atoms with Crippen LogP contribution in [0.25, 0.3) is 6.08 Å². The quantitative estimate of drug-likeness (QED) is 0.503. The molecule has 3 nitrogen and oxygen atoms in total. The van der Waals surface area contributed by atoms with Gasteiger partial charge in [0.15, 0.2) is 0 Å². The third kappa shape index (κ3) is 4.14. The van der Waals surface area contributed by atoms with Gasteiger partial charge in [-0.25, -0.2) is 0 Å². The summed E-state index contributed by atoms with van der Waals surface area (Å²) in [6.07, 6.45) is 4.88. The Morgan fingerprint density at radius 2 is 1.65 bits per heavy atom. The predicted molar refractivity (Wildman–Crippen MR) is 90.6 cm³/mol. The molecule has 2 aromatic carbocycles. The van der Waals surface area contributed by atoms with Gasteiger partial charge in [0.05, 0.1) is 0 Å². The van der Waals surface area contributed by atoms with Gasteiger partial charge >= 0.3 is 0 Å². The first-order valence-electron chi connectivity index (χ1n) is 7.28. The van der Waals surface area contributed by atoms with Crippen LogP contribution in [0, 0.1) is 0 Å². The molecule has 23 heavy (non-hydrogen) atoms. The first-order valence-corrected chi connectivity index (χ1v) is 7.28. The summed E-state index contributed by atoms with van der Waals surface area (Å²) in [6, 6.07) is 22.4. The number of aromatic nitrogens is 1. The highest BCUT2D eigenvalue weighted by Crippen LogP contribution is 2.22. The molecule has 0 fully saturated rings. The van der Waals surface area contributed by atoms with Gasteiger partial charge < -0.3 is 4.74 Å². The largest absolute Gasteiger partial charge is 0.457 e. The van der Waals surface area contributed by atoms with Crippen LogP contribution in [-0.2, 0) is 0 Å². The Kier molecular flexibility index (Phi) is 4.60. The van der Waals surface area contributed by atoms with Crippen molar-refractivity contribution in [3.63, 3.8) is 0 Å².